The number of carboxylic acids is 1. The fourth-order valence-corrected chi connectivity index (χ4v) is 6.04. The van der Waals surface area contributed by atoms with Crippen LogP contribution in [0.5, 0.6) is 0 Å². The standard InChI is InChI=1S/C25H29N7O4/c1-13-9-21(31-30-13)29-23-18(24(33)34)12-17-19(28-23)6-7-26-22(17)27-14-10-15-4-5-16(11-14)32(15)20-3-2-8-36-25(20)35/h6-7,9,12,14-16,20H,2-5,8,10-11H2,1H3,(H,26,27)(H,33,34)(H2,28,29,30,31)/t14?,15-,16+,20?. The Balaban J connectivity index is 1.25. The molecule has 3 aromatic rings. The van der Waals surface area contributed by atoms with Crippen LogP contribution in [0.2, 0.25) is 0 Å². The van der Waals surface area contributed by atoms with Crippen molar-refractivity contribution in [3.05, 3.63) is 35.7 Å². The quantitative estimate of drug-likeness (QED) is 0.379. The molecule has 3 aromatic heterocycles. The van der Waals surface area contributed by atoms with Gasteiger partial charge in [-0.2, -0.15) is 5.10 Å². The van der Waals surface area contributed by atoms with Gasteiger partial charge >= 0.3 is 11.9 Å². The van der Waals surface area contributed by atoms with Gasteiger partial charge in [-0.05, 0) is 57.6 Å². The van der Waals surface area contributed by atoms with E-state index < -0.39 is 5.97 Å². The molecule has 0 saturated carbocycles. The number of anilines is 3. The Morgan fingerprint density at radius 1 is 1.19 bits per heavy atom. The summed E-state index contributed by atoms with van der Waals surface area (Å²) >= 11 is 0. The SMILES string of the molecule is Cc1cc(Nc2nc3ccnc(NC4C[C@H]5CC[C@@H](C4)N5C4CCCOC4=O)c3cc2C(=O)O)n[nH]1. The van der Waals surface area contributed by atoms with E-state index in [2.05, 4.69) is 35.7 Å². The molecular weight excluding hydrogens is 462 g/mol. The molecule has 188 valence electrons. The van der Waals surface area contributed by atoms with Gasteiger partial charge in [-0.1, -0.05) is 0 Å². The highest BCUT2D eigenvalue weighted by molar-refractivity contribution is 6.01. The number of pyridine rings is 2. The third-order valence-corrected chi connectivity index (χ3v) is 7.55. The number of aromatic carboxylic acids is 1. The summed E-state index contributed by atoms with van der Waals surface area (Å²) in [5.74, 6) is 0.184. The summed E-state index contributed by atoms with van der Waals surface area (Å²) in [6.45, 7) is 2.39. The highest BCUT2D eigenvalue weighted by Crippen LogP contribution is 2.40. The van der Waals surface area contributed by atoms with E-state index in [4.69, 9.17) is 4.74 Å². The number of ether oxygens (including phenoxy) is 1. The molecule has 0 radical (unpaired) electrons. The number of rotatable bonds is 6. The number of nitrogens with one attached hydrogen (secondary N) is 3. The summed E-state index contributed by atoms with van der Waals surface area (Å²) in [5.41, 5.74) is 1.54. The highest BCUT2D eigenvalue weighted by Gasteiger charge is 2.47. The molecular formula is C25H29N7O4. The van der Waals surface area contributed by atoms with E-state index in [1.807, 2.05) is 6.92 Å². The van der Waals surface area contributed by atoms with Gasteiger partial charge in [-0.3, -0.25) is 14.8 Å². The van der Waals surface area contributed by atoms with Crippen molar-refractivity contribution < 1.29 is 19.4 Å². The number of carbonyl (C=O) groups excluding carboxylic acids is 1. The summed E-state index contributed by atoms with van der Waals surface area (Å²) in [6, 6.07) is 5.87. The minimum absolute atomic E-state index is 0.0462. The van der Waals surface area contributed by atoms with Crippen LogP contribution in [-0.2, 0) is 9.53 Å². The van der Waals surface area contributed by atoms with Gasteiger partial charge in [0.2, 0.25) is 0 Å². The second-order valence-corrected chi connectivity index (χ2v) is 9.95. The van der Waals surface area contributed by atoms with E-state index in [9.17, 15) is 14.7 Å². The number of hydrogen-bond donors (Lipinski definition) is 4. The summed E-state index contributed by atoms with van der Waals surface area (Å²) < 4.78 is 5.35. The molecule has 3 aliphatic heterocycles. The molecule has 4 atom stereocenters. The normalized spacial score (nSPS) is 26.1. The maximum Gasteiger partial charge on any atom is 0.339 e. The maximum absolute atomic E-state index is 12.4. The van der Waals surface area contributed by atoms with Crippen molar-refractivity contribution >= 4 is 40.3 Å². The van der Waals surface area contributed by atoms with Gasteiger partial charge in [-0.25, -0.2) is 14.8 Å². The summed E-state index contributed by atoms with van der Waals surface area (Å²) in [7, 11) is 0. The number of nitrogens with zero attached hydrogens (tertiary/aromatic N) is 4. The lowest BCUT2D eigenvalue weighted by Gasteiger charge is -2.43. The van der Waals surface area contributed by atoms with E-state index in [0.717, 1.165) is 44.2 Å². The number of piperidine rings is 1. The number of aromatic nitrogens is 4. The third kappa shape index (κ3) is 4.13. The van der Waals surface area contributed by atoms with Crippen LogP contribution in [0.3, 0.4) is 0 Å². The molecule has 3 fully saturated rings. The van der Waals surface area contributed by atoms with Gasteiger partial charge in [-0.15, -0.1) is 0 Å². The summed E-state index contributed by atoms with van der Waals surface area (Å²) in [4.78, 5) is 36.0. The zero-order valence-electron chi connectivity index (χ0n) is 20.0. The largest absolute Gasteiger partial charge is 0.478 e. The molecule has 4 N–H and O–H groups in total. The van der Waals surface area contributed by atoms with E-state index in [-0.39, 0.29) is 29.4 Å². The number of H-pyrrole nitrogens is 1. The predicted octanol–water partition coefficient (Wildman–Crippen LogP) is 3.22. The lowest BCUT2D eigenvalue weighted by Crippen LogP contribution is -2.55. The topological polar surface area (TPSA) is 145 Å². The molecule has 2 unspecified atom stereocenters. The highest BCUT2D eigenvalue weighted by atomic mass is 16.5. The van der Waals surface area contributed by atoms with Crippen LogP contribution in [0, 0.1) is 6.92 Å². The number of aryl methyl sites for hydroxylation is 1. The average Bonchev–Trinajstić information content (AvgIpc) is 3.38. The van der Waals surface area contributed by atoms with Gasteiger partial charge < -0.3 is 20.5 Å². The smallest absolute Gasteiger partial charge is 0.339 e. The second kappa shape index (κ2) is 9.05. The molecule has 11 nitrogen and oxygen atoms in total. The number of aromatic amines is 1. The lowest BCUT2D eigenvalue weighted by atomic mass is 9.93. The molecule has 3 aliphatic rings. The first-order valence-electron chi connectivity index (χ1n) is 12.5. The molecule has 2 bridgehead atoms. The molecule has 6 heterocycles. The zero-order chi connectivity index (χ0) is 24.8. The third-order valence-electron chi connectivity index (χ3n) is 7.55. The first-order valence-corrected chi connectivity index (χ1v) is 12.5. The number of esters is 1. The van der Waals surface area contributed by atoms with E-state index in [1.165, 1.54) is 0 Å². The minimum Gasteiger partial charge on any atom is -0.478 e. The Labute approximate surface area is 207 Å². The molecule has 0 aromatic carbocycles. The monoisotopic (exact) mass is 491 g/mol. The van der Waals surface area contributed by atoms with Crippen molar-refractivity contribution in [1.29, 1.82) is 0 Å². The Morgan fingerprint density at radius 3 is 2.69 bits per heavy atom. The fourth-order valence-electron chi connectivity index (χ4n) is 6.04. The molecule has 36 heavy (non-hydrogen) atoms. The second-order valence-electron chi connectivity index (χ2n) is 9.95. The van der Waals surface area contributed by atoms with Crippen LogP contribution in [0.15, 0.2) is 24.4 Å². The van der Waals surface area contributed by atoms with Crippen LogP contribution in [0.25, 0.3) is 10.9 Å². The molecule has 0 aliphatic carbocycles. The number of cyclic esters (lactones) is 1. The zero-order valence-corrected chi connectivity index (χ0v) is 20.0. The molecule has 0 amide bonds. The minimum atomic E-state index is -1.08. The first-order chi connectivity index (χ1) is 17.5. The summed E-state index contributed by atoms with van der Waals surface area (Å²) in [5, 5.41) is 24.1. The molecule has 11 heteroatoms. The van der Waals surface area contributed by atoms with Crippen LogP contribution < -0.4 is 10.6 Å². The van der Waals surface area contributed by atoms with Crippen molar-refractivity contribution in [1.82, 2.24) is 25.1 Å². The molecule has 6 rings (SSSR count). The van der Waals surface area contributed by atoms with Gasteiger partial charge in [0.05, 0.1) is 12.1 Å². The van der Waals surface area contributed by atoms with Gasteiger partial charge in [0.15, 0.2) is 5.82 Å². The van der Waals surface area contributed by atoms with Crippen LogP contribution in [-0.4, -0.2) is 72.9 Å². The number of carboxylic acid groups (broad SMARTS) is 1. The van der Waals surface area contributed by atoms with Crippen LogP contribution >= 0.6 is 0 Å². The number of carbonyl (C=O) groups is 2. The van der Waals surface area contributed by atoms with E-state index in [0.29, 0.717) is 41.2 Å². The van der Waals surface area contributed by atoms with Crippen molar-refractivity contribution in [3.8, 4) is 0 Å². The molecule has 3 saturated heterocycles. The van der Waals surface area contributed by atoms with Crippen LogP contribution in [0.4, 0.5) is 17.5 Å². The Bertz CT molecular complexity index is 1310. The van der Waals surface area contributed by atoms with Crippen molar-refractivity contribution in [2.45, 2.75) is 69.6 Å². The Kier molecular flexibility index (Phi) is 5.71. The Hall–Kier alpha value is -3.73. The van der Waals surface area contributed by atoms with E-state index in [1.54, 1.807) is 24.4 Å². The maximum atomic E-state index is 12.4. The molecule has 0 spiro atoms. The average molecular weight is 492 g/mol. The van der Waals surface area contributed by atoms with E-state index >= 15 is 0 Å². The summed E-state index contributed by atoms with van der Waals surface area (Å²) in [6.07, 6.45) is 7.41. The first kappa shape index (κ1) is 22.7. The van der Waals surface area contributed by atoms with Crippen molar-refractivity contribution in [3.63, 3.8) is 0 Å². The van der Waals surface area contributed by atoms with Crippen molar-refractivity contribution in [2.75, 3.05) is 17.2 Å². The fraction of sp³-hybridized carbons (Fsp3) is 0.480. The predicted molar refractivity (Wildman–Crippen MR) is 132 cm³/mol. The van der Waals surface area contributed by atoms with Gasteiger partial charge in [0.1, 0.15) is 23.2 Å². The van der Waals surface area contributed by atoms with Crippen molar-refractivity contribution in [2.24, 2.45) is 0 Å². The Morgan fingerprint density at radius 2 is 2.00 bits per heavy atom. The number of hydrogen-bond acceptors (Lipinski definition) is 9. The van der Waals surface area contributed by atoms with Gasteiger partial charge in [0, 0.05) is 41.5 Å². The van der Waals surface area contributed by atoms with Crippen LogP contribution in [0.1, 0.15) is 54.6 Å². The number of fused-ring (bicyclic) bond motifs is 3. The van der Waals surface area contributed by atoms with Gasteiger partial charge in [0.25, 0.3) is 0 Å². The lowest BCUT2D eigenvalue weighted by molar-refractivity contribution is -0.157.